The highest BCUT2D eigenvalue weighted by atomic mass is 16.2. The van der Waals surface area contributed by atoms with E-state index in [1.54, 1.807) is 0 Å². The molecule has 2 amide bonds. The van der Waals surface area contributed by atoms with E-state index in [9.17, 15) is 4.79 Å². The third kappa shape index (κ3) is 4.86. The molecular weight excluding hydrogens is 200 g/mol. The molecule has 0 saturated heterocycles. The quantitative estimate of drug-likeness (QED) is 0.746. The summed E-state index contributed by atoms with van der Waals surface area (Å²) in [6.45, 7) is 9.07. The van der Waals surface area contributed by atoms with Crippen molar-refractivity contribution in [2.24, 2.45) is 5.41 Å². The second kappa shape index (κ2) is 5.07. The highest BCUT2D eigenvalue weighted by molar-refractivity contribution is 5.74. The number of amides is 2. The number of carbonyl (C=O) groups is 1. The maximum absolute atomic E-state index is 11.6. The van der Waals surface area contributed by atoms with E-state index in [-0.39, 0.29) is 11.6 Å². The van der Waals surface area contributed by atoms with E-state index >= 15 is 0 Å². The van der Waals surface area contributed by atoms with Gasteiger partial charge in [-0.25, -0.2) is 4.79 Å². The van der Waals surface area contributed by atoms with Gasteiger partial charge in [-0.05, 0) is 39.0 Å². The lowest BCUT2D eigenvalue weighted by atomic mass is 9.76. The maximum atomic E-state index is 11.6. The lowest BCUT2D eigenvalue weighted by molar-refractivity contribution is 0.195. The zero-order valence-electron chi connectivity index (χ0n) is 11.2. The third-order valence-corrected chi connectivity index (χ3v) is 3.22. The van der Waals surface area contributed by atoms with Gasteiger partial charge >= 0.3 is 6.03 Å². The molecule has 1 rings (SSSR count). The average molecular weight is 226 g/mol. The Hall–Kier alpha value is -0.730. The molecule has 1 fully saturated rings. The molecule has 1 saturated carbocycles. The fraction of sp³-hybridized carbons (Fsp3) is 0.923. The van der Waals surface area contributed by atoms with E-state index in [0.717, 1.165) is 6.54 Å². The minimum absolute atomic E-state index is 0.0423. The molecule has 0 bridgehead atoms. The van der Waals surface area contributed by atoms with Gasteiger partial charge < -0.3 is 10.6 Å². The van der Waals surface area contributed by atoms with Crippen molar-refractivity contribution < 1.29 is 4.79 Å². The Labute approximate surface area is 99.4 Å². The Morgan fingerprint density at radius 1 is 1.19 bits per heavy atom. The normalized spacial score (nSPS) is 20.2. The van der Waals surface area contributed by atoms with E-state index in [1.165, 1.54) is 32.1 Å². The van der Waals surface area contributed by atoms with Crippen molar-refractivity contribution in [3.8, 4) is 0 Å². The minimum atomic E-state index is -0.155. The van der Waals surface area contributed by atoms with E-state index in [0.29, 0.717) is 5.41 Å². The molecule has 94 valence electrons. The number of rotatable bonds is 2. The maximum Gasteiger partial charge on any atom is 0.315 e. The van der Waals surface area contributed by atoms with E-state index in [4.69, 9.17) is 0 Å². The van der Waals surface area contributed by atoms with Gasteiger partial charge in [-0.3, -0.25) is 0 Å². The lowest BCUT2D eigenvalue weighted by Crippen LogP contribution is -2.49. The van der Waals surface area contributed by atoms with Crippen LogP contribution in [0.25, 0.3) is 0 Å². The summed E-state index contributed by atoms with van der Waals surface area (Å²) >= 11 is 0. The number of urea groups is 1. The Morgan fingerprint density at radius 2 is 1.75 bits per heavy atom. The Morgan fingerprint density at radius 3 is 2.25 bits per heavy atom. The summed E-state index contributed by atoms with van der Waals surface area (Å²) in [5.74, 6) is 0. The van der Waals surface area contributed by atoms with Crippen molar-refractivity contribution in [1.82, 2.24) is 10.6 Å². The largest absolute Gasteiger partial charge is 0.338 e. The summed E-state index contributed by atoms with van der Waals surface area (Å²) in [5, 5.41) is 5.93. The predicted molar refractivity (Wildman–Crippen MR) is 67.5 cm³/mol. The number of nitrogens with one attached hydrogen (secondary N) is 2. The van der Waals surface area contributed by atoms with Crippen LogP contribution in [-0.2, 0) is 0 Å². The molecule has 2 N–H and O–H groups in total. The molecule has 0 radical (unpaired) electrons. The second-order valence-electron chi connectivity index (χ2n) is 6.43. The van der Waals surface area contributed by atoms with E-state index < -0.39 is 0 Å². The van der Waals surface area contributed by atoms with Gasteiger partial charge in [0.05, 0.1) is 0 Å². The van der Waals surface area contributed by atoms with Crippen LogP contribution in [0.4, 0.5) is 4.79 Å². The molecule has 0 unspecified atom stereocenters. The van der Waals surface area contributed by atoms with E-state index in [2.05, 4.69) is 17.6 Å². The zero-order valence-corrected chi connectivity index (χ0v) is 11.2. The molecule has 0 heterocycles. The van der Waals surface area contributed by atoms with Crippen LogP contribution in [0.15, 0.2) is 0 Å². The highest BCUT2D eigenvalue weighted by Crippen LogP contribution is 2.34. The molecule has 1 aliphatic carbocycles. The van der Waals surface area contributed by atoms with E-state index in [1.807, 2.05) is 20.8 Å². The standard InChI is InChI=1S/C13H26N2O/c1-12(2,3)15-11(16)14-10-13(4)8-6-5-7-9-13/h5-10H2,1-4H3,(H2,14,15,16). The second-order valence-corrected chi connectivity index (χ2v) is 6.43. The number of hydrogen-bond donors (Lipinski definition) is 2. The first kappa shape index (κ1) is 13.3. The van der Waals surface area contributed by atoms with Crippen molar-refractivity contribution in [2.45, 2.75) is 65.3 Å². The smallest absolute Gasteiger partial charge is 0.315 e. The van der Waals surface area contributed by atoms with Crippen LogP contribution in [0.5, 0.6) is 0 Å². The molecule has 0 spiro atoms. The van der Waals surface area contributed by atoms with Crippen molar-refractivity contribution >= 4 is 6.03 Å². The van der Waals surface area contributed by atoms with Gasteiger partial charge in [-0.1, -0.05) is 26.2 Å². The Kier molecular flexibility index (Phi) is 4.22. The summed E-state index contributed by atoms with van der Waals surface area (Å²) < 4.78 is 0. The summed E-state index contributed by atoms with van der Waals surface area (Å²) in [5.41, 5.74) is 0.158. The van der Waals surface area contributed by atoms with Gasteiger partial charge in [0.25, 0.3) is 0 Å². The topological polar surface area (TPSA) is 41.1 Å². The van der Waals surface area contributed by atoms with Gasteiger partial charge in [0, 0.05) is 12.1 Å². The highest BCUT2D eigenvalue weighted by Gasteiger charge is 2.27. The molecule has 0 atom stereocenters. The summed E-state index contributed by atoms with van der Waals surface area (Å²) in [6, 6.07) is -0.0423. The molecule has 3 nitrogen and oxygen atoms in total. The first-order chi connectivity index (χ1) is 7.31. The summed E-state index contributed by atoms with van der Waals surface area (Å²) in [4.78, 5) is 11.6. The number of hydrogen-bond acceptors (Lipinski definition) is 1. The molecule has 3 heteroatoms. The molecule has 1 aliphatic rings. The Bertz CT molecular complexity index is 237. The third-order valence-electron chi connectivity index (χ3n) is 3.22. The van der Waals surface area contributed by atoms with Gasteiger partial charge in [-0.15, -0.1) is 0 Å². The molecule has 0 aromatic heterocycles. The van der Waals surface area contributed by atoms with Gasteiger partial charge in [0.1, 0.15) is 0 Å². The predicted octanol–water partition coefficient (Wildman–Crippen LogP) is 3.05. The summed E-state index contributed by atoms with van der Waals surface area (Å²) in [7, 11) is 0. The van der Waals surface area contributed by atoms with Crippen LogP contribution >= 0.6 is 0 Å². The SMILES string of the molecule is CC1(CNC(=O)NC(C)(C)C)CCCCC1. The van der Waals surface area contributed by atoms with Crippen molar-refractivity contribution in [1.29, 1.82) is 0 Å². The lowest BCUT2D eigenvalue weighted by Gasteiger charge is -2.34. The molecular formula is C13H26N2O. The average Bonchev–Trinajstić information content (AvgIpc) is 2.14. The van der Waals surface area contributed by atoms with Crippen LogP contribution < -0.4 is 10.6 Å². The van der Waals surface area contributed by atoms with Gasteiger partial charge in [0.2, 0.25) is 0 Å². The number of carbonyl (C=O) groups excluding carboxylic acids is 1. The molecule has 0 aromatic rings. The fourth-order valence-corrected chi connectivity index (χ4v) is 2.26. The zero-order chi connectivity index (χ0) is 12.2. The monoisotopic (exact) mass is 226 g/mol. The fourth-order valence-electron chi connectivity index (χ4n) is 2.26. The van der Waals surface area contributed by atoms with Crippen molar-refractivity contribution in [3.63, 3.8) is 0 Å². The molecule has 16 heavy (non-hydrogen) atoms. The molecule has 0 aromatic carbocycles. The first-order valence-electron chi connectivity index (χ1n) is 6.37. The van der Waals surface area contributed by atoms with Crippen LogP contribution in [0.3, 0.4) is 0 Å². The molecule has 0 aliphatic heterocycles. The van der Waals surface area contributed by atoms with Crippen molar-refractivity contribution in [2.75, 3.05) is 6.54 Å². The van der Waals surface area contributed by atoms with Crippen LogP contribution in [0.1, 0.15) is 59.8 Å². The van der Waals surface area contributed by atoms with Gasteiger partial charge in [0.15, 0.2) is 0 Å². The van der Waals surface area contributed by atoms with Crippen LogP contribution in [-0.4, -0.2) is 18.1 Å². The van der Waals surface area contributed by atoms with Crippen LogP contribution in [0, 0.1) is 5.41 Å². The minimum Gasteiger partial charge on any atom is -0.338 e. The van der Waals surface area contributed by atoms with Crippen LogP contribution in [0.2, 0.25) is 0 Å². The first-order valence-corrected chi connectivity index (χ1v) is 6.37. The van der Waals surface area contributed by atoms with Gasteiger partial charge in [-0.2, -0.15) is 0 Å². The van der Waals surface area contributed by atoms with Crippen molar-refractivity contribution in [3.05, 3.63) is 0 Å². The Balaban J connectivity index is 2.30. The summed E-state index contributed by atoms with van der Waals surface area (Å²) in [6.07, 6.45) is 6.44.